The minimum absolute atomic E-state index is 0.0319. The second-order valence-electron chi connectivity index (χ2n) is 4.91. The number of carbonyl (C=O) groups excluding carboxylic acids is 2. The number of halogens is 2. The van der Waals surface area contributed by atoms with Gasteiger partial charge in [-0.3, -0.25) is 9.59 Å². The third-order valence-corrected chi connectivity index (χ3v) is 3.90. The van der Waals surface area contributed by atoms with Crippen molar-refractivity contribution in [3.63, 3.8) is 0 Å². The van der Waals surface area contributed by atoms with E-state index in [4.69, 9.17) is 23.2 Å². The van der Waals surface area contributed by atoms with E-state index in [1.54, 1.807) is 17.0 Å². The van der Waals surface area contributed by atoms with Gasteiger partial charge < -0.3 is 15.1 Å². The summed E-state index contributed by atoms with van der Waals surface area (Å²) in [5, 5.41) is 12.5. The van der Waals surface area contributed by atoms with Gasteiger partial charge in [-0.25, -0.2) is 0 Å². The van der Waals surface area contributed by atoms with Gasteiger partial charge in [0.2, 0.25) is 6.41 Å². The number of nitrogens with one attached hydrogen (secondary N) is 1. The lowest BCUT2D eigenvalue weighted by molar-refractivity contribution is -0.119. The zero-order chi connectivity index (χ0) is 16.8. The fraction of sp³-hybridized carbons (Fsp3) is 0.267. The Morgan fingerprint density at radius 3 is 2.43 bits per heavy atom. The van der Waals surface area contributed by atoms with Gasteiger partial charge in [0.1, 0.15) is 11.6 Å². The van der Waals surface area contributed by atoms with Gasteiger partial charge in [0, 0.05) is 37.4 Å². The number of hydrogen-bond donors (Lipinski definition) is 1. The molecule has 0 aliphatic carbocycles. The summed E-state index contributed by atoms with van der Waals surface area (Å²) in [6, 6.07) is 6.55. The summed E-state index contributed by atoms with van der Waals surface area (Å²) in [6.45, 7) is 2.25. The standard InChI is InChI=1S/C15H14Cl2N4O2/c16-12-1-2-14(13(17)7-12)19-15(23)11(8-18)9-20-3-5-21(10-22)6-4-20/h1-2,7,9-10H,3-6H2,(H,19,23)/b11-9-. The van der Waals surface area contributed by atoms with Gasteiger partial charge in [0.15, 0.2) is 0 Å². The molecule has 8 heteroatoms. The summed E-state index contributed by atoms with van der Waals surface area (Å²) < 4.78 is 0. The first-order chi connectivity index (χ1) is 11.0. The molecule has 6 nitrogen and oxygen atoms in total. The number of rotatable bonds is 4. The van der Waals surface area contributed by atoms with Crippen LogP contribution < -0.4 is 5.32 Å². The highest BCUT2D eigenvalue weighted by atomic mass is 35.5. The van der Waals surface area contributed by atoms with Crippen molar-refractivity contribution in [2.75, 3.05) is 31.5 Å². The molecule has 0 radical (unpaired) electrons. The summed E-state index contributed by atoms with van der Waals surface area (Å²) >= 11 is 11.8. The van der Waals surface area contributed by atoms with Crippen molar-refractivity contribution in [2.24, 2.45) is 0 Å². The highest BCUT2D eigenvalue weighted by molar-refractivity contribution is 6.36. The number of carbonyl (C=O) groups is 2. The molecule has 1 aliphatic rings. The smallest absolute Gasteiger partial charge is 0.267 e. The SMILES string of the molecule is N#C/C(=C/N1CCN(C=O)CC1)C(=O)Nc1ccc(Cl)cc1Cl. The summed E-state index contributed by atoms with van der Waals surface area (Å²) in [5.74, 6) is -0.547. The first-order valence-corrected chi connectivity index (χ1v) is 7.61. The molecule has 0 spiro atoms. The summed E-state index contributed by atoms with van der Waals surface area (Å²) in [5.41, 5.74) is 0.351. The molecule has 2 rings (SSSR count). The molecule has 1 aromatic rings. The highest BCUT2D eigenvalue weighted by Gasteiger charge is 2.17. The van der Waals surface area contributed by atoms with Gasteiger partial charge in [0.25, 0.3) is 5.91 Å². The summed E-state index contributed by atoms with van der Waals surface area (Å²) in [7, 11) is 0. The molecule has 1 saturated heterocycles. The quantitative estimate of drug-likeness (QED) is 0.511. The van der Waals surface area contributed by atoms with Crippen molar-refractivity contribution in [3.8, 4) is 6.07 Å². The fourth-order valence-corrected chi connectivity index (χ4v) is 2.53. The van der Waals surface area contributed by atoms with Crippen LogP contribution in [-0.4, -0.2) is 48.3 Å². The van der Waals surface area contributed by atoms with E-state index >= 15 is 0 Å². The van der Waals surface area contributed by atoms with E-state index in [0.717, 1.165) is 6.41 Å². The molecule has 120 valence electrons. The Balaban J connectivity index is 2.05. The minimum Gasteiger partial charge on any atom is -0.373 e. The van der Waals surface area contributed by atoms with E-state index in [1.165, 1.54) is 12.3 Å². The zero-order valence-electron chi connectivity index (χ0n) is 12.1. The Bertz CT molecular complexity index is 677. The number of anilines is 1. The maximum Gasteiger partial charge on any atom is 0.267 e. The van der Waals surface area contributed by atoms with Crippen LogP contribution in [0.15, 0.2) is 30.0 Å². The number of piperazine rings is 1. The van der Waals surface area contributed by atoms with Crippen LogP contribution in [0.5, 0.6) is 0 Å². The number of nitrogens with zero attached hydrogens (tertiary/aromatic N) is 3. The number of nitriles is 1. The van der Waals surface area contributed by atoms with E-state index < -0.39 is 5.91 Å². The second kappa shape index (κ2) is 7.86. The van der Waals surface area contributed by atoms with E-state index in [1.807, 2.05) is 11.0 Å². The molecule has 23 heavy (non-hydrogen) atoms. The van der Waals surface area contributed by atoms with Crippen LogP contribution in [0.3, 0.4) is 0 Å². The van der Waals surface area contributed by atoms with Crippen LogP contribution in [0.1, 0.15) is 0 Å². The molecule has 1 heterocycles. The van der Waals surface area contributed by atoms with Crippen molar-refractivity contribution in [1.29, 1.82) is 5.26 Å². The number of benzene rings is 1. The third-order valence-electron chi connectivity index (χ3n) is 3.35. The first-order valence-electron chi connectivity index (χ1n) is 6.85. The maximum absolute atomic E-state index is 12.2. The normalized spacial score (nSPS) is 15.1. The van der Waals surface area contributed by atoms with Gasteiger partial charge in [0.05, 0.1) is 10.7 Å². The molecule has 0 unspecified atom stereocenters. The number of hydrogen-bond acceptors (Lipinski definition) is 4. The Labute approximate surface area is 143 Å². The second-order valence-corrected chi connectivity index (χ2v) is 5.75. The van der Waals surface area contributed by atoms with Crippen molar-refractivity contribution in [3.05, 3.63) is 40.0 Å². The predicted octanol–water partition coefficient (Wildman–Crippen LogP) is 2.11. The Morgan fingerprint density at radius 2 is 1.87 bits per heavy atom. The Hall–Kier alpha value is -2.23. The molecule has 1 fully saturated rings. The van der Waals surface area contributed by atoms with Crippen LogP contribution >= 0.6 is 23.2 Å². The Morgan fingerprint density at radius 1 is 1.22 bits per heavy atom. The summed E-state index contributed by atoms with van der Waals surface area (Å²) in [4.78, 5) is 26.3. The molecule has 2 amide bonds. The Kier molecular flexibility index (Phi) is 5.85. The van der Waals surface area contributed by atoms with Gasteiger partial charge in [-0.1, -0.05) is 23.2 Å². The average Bonchev–Trinajstić information content (AvgIpc) is 2.55. The molecule has 0 bridgehead atoms. The molecule has 1 aliphatic heterocycles. The van der Waals surface area contributed by atoms with Crippen molar-refractivity contribution < 1.29 is 9.59 Å². The van der Waals surface area contributed by atoms with E-state index in [-0.39, 0.29) is 5.57 Å². The van der Waals surface area contributed by atoms with Crippen molar-refractivity contribution in [2.45, 2.75) is 0 Å². The topological polar surface area (TPSA) is 76.4 Å². The monoisotopic (exact) mass is 352 g/mol. The van der Waals surface area contributed by atoms with Gasteiger partial charge in [-0.05, 0) is 18.2 Å². The highest BCUT2D eigenvalue weighted by Crippen LogP contribution is 2.25. The van der Waals surface area contributed by atoms with Gasteiger partial charge in [-0.15, -0.1) is 0 Å². The molecule has 1 aromatic carbocycles. The molecular formula is C15H14Cl2N4O2. The molecule has 1 N–H and O–H groups in total. The van der Waals surface area contributed by atoms with Gasteiger partial charge in [-0.2, -0.15) is 5.26 Å². The third kappa shape index (κ3) is 4.62. The lowest BCUT2D eigenvalue weighted by Gasteiger charge is -2.31. The average molecular weight is 353 g/mol. The van der Waals surface area contributed by atoms with E-state index in [0.29, 0.717) is 41.9 Å². The van der Waals surface area contributed by atoms with Crippen LogP contribution in [-0.2, 0) is 9.59 Å². The number of amides is 2. The van der Waals surface area contributed by atoms with Crippen molar-refractivity contribution >= 4 is 41.2 Å². The van der Waals surface area contributed by atoms with Gasteiger partial charge >= 0.3 is 0 Å². The fourth-order valence-electron chi connectivity index (χ4n) is 2.07. The predicted molar refractivity (Wildman–Crippen MR) is 88.0 cm³/mol. The maximum atomic E-state index is 12.2. The van der Waals surface area contributed by atoms with Crippen LogP contribution in [0.4, 0.5) is 5.69 Å². The lowest BCUT2D eigenvalue weighted by atomic mass is 10.2. The first kappa shape index (κ1) is 17.1. The zero-order valence-corrected chi connectivity index (χ0v) is 13.6. The van der Waals surface area contributed by atoms with Crippen LogP contribution in [0, 0.1) is 11.3 Å². The molecule has 0 aromatic heterocycles. The molecular weight excluding hydrogens is 339 g/mol. The van der Waals surface area contributed by atoms with Crippen LogP contribution in [0.2, 0.25) is 10.0 Å². The largest absolute Gasteiger partial charge is 0.373 e. The van der Waals surface area contributed by atoms with Crippen LogP contribution in [0.25, 0.3) is 0 Å². The summed E-state index contributed by atoms with van der Waals surface area (Å²) in [6.07, 6.45) is 2.29. The minimum atomic E-state index is -0.547. The van der Waals surface area contributed by atoms with Crippen molar-refractivity contribution in [1.82, 2.24) is 9.80 Å². The van der Waals surface area contributed by atoms with E-state index in [9.17, 15) is 14.9 Å². The lowest BCUT2D eigenvalue weighted by Crippen LogP contribution is -2.43. The molecule has 0 saturated carbocycles. The molecule has 0 atom stereocenters. The van der Waals surface area contributed by atoms with E-state index in [2.05, 4.69) is 5.32 Å².